The zero-order valence-electron chi connectivity index (χ0n) is 18.6. The van der Waals surface area contributed by atoms with Crippen LogP contribution >= 0.6 is 11.3 Å². The minimum Gasteiger partial charge on any atom is -0.474 e. The van der Waals surface area contributed by atoms with Crippen molar-refractivity contribution in [2.45, 2.75) is 65.1 Å². The fraction of sp³-hybridized carbons (Fsp3) is 0.545. The van der Waals surface area contributed by atoms with Crippen LogP contribution in [0.2, 0.25) is 0 Å². The number of ether oxygens (including phenoxy) is 2. The zero-order valence-corrected chi connectivity index (χ0v) is 19.4. The molecule has 1 saturated carbocycles. The van der Waals surface area contributed by atoms with Gasteiger partial charge in [-0.25, -0.2) is 14.8 Å². The summed E-state index contributed by atoms with van der Waals surface area (Å²) in [5.41, 5.74) is 1.67. The molecule has 1 atom stereocenters. The highest BCUT2D eigenvalue weighted by Gasteiger charge is 2.21. The Morgan fingerprint density at radius 3 is 2.87 bits per heavy atom. The minimum atomic E-state index is -0.329. The number of aliphatic imine (C=N–C) groups is 1. The van der Waals surface area contributed by atoms with Crippen LogP contribution in [0, 0.1) is 6.92 Å². The molecular weight excluding hydrogens is 414 g/mol. The van der Waals surface area contributed by atoms with E-state index in [0.717, 1.165) is 23.4 Å². The zero-order chi connectivity index (χ0) is 22.2. The van der Waals surface area contributed by atoms with Crippen molar-refractivity contribution in [2.24, 2.45) is 4.99 Å². The van der Waals surface area contributed by atoms with E-state index in [0.29, 0.717) is 35.6 Å². The molecule has 168 valence electrons. The predicted molar refractivity (Wildman–Crippen MR) is 122 cm³/mol. The van der Waals surface area contributed by atoms with Gasteiger partial charge in [-0.3, -0.25) is 4.99 Å². The number of guanidine groups is 1. The van der Waals surface area contributed by atoms with Crippen molar-refractivity contribution in [3.05, 3.63) is 39.5 Å². The van der Waals surface area contributed by atoms with Gasteiger partial charge in [-0.15, -0.1) is 11.3 Å². The maximum Gasteiger partial charge on any atom is 0.350 e. The Hall–Kier alpha value is -2.68. The number of thiazole rings is 1. The Labute approximate surface area is 187 Å². The van der Waals surface area contributed by atoms with Crippen molar-refractivity contribution in [3.8, 4) is 5.88 Å². The van der Waals surface area contributed by atoms with Crippen LogP contribution in [0.3, 0.4) is 0 Å². The van der Waals surface area contributed by atoms with Gasteiger partial charge in [0, 0.05) is 25.4 Å². The maximum absolute atomic E-state index is 12.1. The number of aryl methyl sites for hydroxylation is 1. The average molecular weight is 446 g/mol. The fourth-order valence-electron chi connectivity index (χ4n) is 3.46. The molecule has 0 saturated heterocycles. The third-order valence-electron chi connectivity index (χ3n) is 5.10. The van der Waals surface area contributed by atoms with E-state index < -0.39 is 0 Å². The highest BCUT2D eigenvalue weighted by atomic mass is 32.1. The molecule has 31 heavy (non-hydrogen) atoms. The molecule has 2 aromatic heterocycles. The van der Waals surface area contributed by atoms with Gasteiger partial charge in [-0.2, -0.15) is 0 Å². The highest BCUT2D eigenvalue weighted by molar-refractivity contribution is 7.13. The van der Waals surface area contributed by atoms with Gasteiger partial charge in [0.1, 0.15) is 16.0 Å². The van der Waals surface area contributed by atoms with Crippen LogP contribution in [0.5, 0.6) is 5.88 Å². The van der Waals surface area contributed by atoms with Crippen molar-refractivity contribution < 1.29 is 14.3 Å². The molecule has 9 heteroatoms. The first-order valence-electron chi connectivity index (χ1n) is 10.7. The molecule has 1 fully saturated rings. The summed E-state index contributed by atoms with van der Waals surface area (Å²) in [6, 6.07) is 3.80. The van der Waals surface area contributed by atoms with Gasteiger partial charge in [0.05, 0.1) is 18.3 Å². The van der Waals surface area contributed by atoms with Crippen LogP contribution in [0.25, 0.3) is 0 Å². The molecule has 3 rings (SSSR count). The summed E-state index contributed by atoms with van der Waals surface area (Å²) in [6.45, 7) is 6.48. The Balaban J connectivity index is 1.60. The Kier molecular flexibility index (Phi) is 8.22. The van der Waals surface area contributed by atoms with Crippen LogP contribution in [0.4, 0.5) is 0 Å². The van der Waals surface area contributed by atoms with Crippen LogP contribution < -0.4 is 15.4 Å². The molecule has 1 unspecified atom stereocenters. The third-order valence-corrected chi connectivity index (χ3v) is 6.42. The van der Waals surface area contributed by atoms with Gasteiger partial charge in [0.2, 0.25) is 5.88 Å². The molecule has 2 N–H and O–H groups in total. The van der Waals surface area contributed by atoms with Crippen molar-refractivity contribution in [2.75, 3.05) is 13.7 Å². The first-order valence-corrected chi connectivity index (χ1v) is 11.6. The molecular formula is C22H31N5O3S. The van der Waals surface area contributed by atoms with E-state index in [1.54, 1.807) is 20.2 Å². The Morgan fingerprint density at radius 1 is 1.39 bits per heavy atom. The lowest BCUT2D eigenvalue weighted by molar-refractivity contribution is 0.0531. The molecule has 0 aromatic carbocycles. The summed E-state index contributed by atoms with van der Waals surface area (Å²) >= 11 is 1.34. The number of esters is 1. The summed E-state index contributed by atoms with van der Waals surface area (Å²) in [6.07, 6.45) is 6.62. The third kappa shape index (κ3) is 6.16. The molecule has 2 heterocycles. The Morgan fingerprint density at radius 2 is 2.16 bits per heavy atom. The molecule has 1 aliphatic rings. The van der Waals surface area contributed by atoms with Crippen molar-refractivity contribution >= 4 is 23.3 Å². The number of rotatable bonds is 8. The molecule has 8 nitrogen and oxygen atoms in total. The summed E-state index contributed by atoms with van der Waals surface area (Å²) in [4.78, 5) is 25.9. The lowest BCUT2D eigenvalue weighted by Gasteiger charge is -2.18. The highest BCUT2D eigenvalue weighted by Crippen LogP contribution is 2.26. The van der Waals surface area contributed by atoms with Gasteiger partial charge in [-0.05, 0) is 52.5 Å². The van der Waals surface area contributed by atoms with E-state index in [1.807, 2.05) is 26.0 Å². The quantitative estimate of drug-likeness (QED) is 0.363. The number of carbonyl (C=O) groups excluding carboxylic acids is 1. The monoisotopic (exact) mass is 445 g/mol. The second-order valence-corrected chi connectivity index (χ2v) is 8.50. The lowest BCUT2D eigenvalue weighted by atomic mass is 10.2. The van der Waals surface area contributed by atoms with E-state index in [9.17, 15) is 4.79 Å². The van der Waals surface area contributed by atoms with E-state index in [4.69, 9.17) is 9.47 Å². The maximum atomic E-state index is 12.1. The second kappa shape index (κ2) is 11.1. The van der Waals surface area contributed by atoms with Crippen LogP contribution in [0.1, 0.15) is 71.5 Å². The molecule has 0 radical (unpaired) electrons. The van der Waals surface area contributed by atoms with Gasteiger partial charge >= 0.3 is 5.97 Å². The number of nitrogens with one attached hydrogen (secondary N) is 2. The Bertz CT molecular complexity index is 908. The summed E-state index contributed by atoms with van der Waals surface area (Å²) in [5.74, 6) is 0.985. The molecule has 0 spiro atoms. The number of nitrogens with zero attached hydrogens (tertiary/aromatic N) is 3. The number of carbonyl (C=O) groups is 1. The van der Waals surface area contributed by atoms with Gasteiger partial charge < -0.3 is 20.1 Å². The van der Waals surface area contributed by atoms with Gasteiger partial charge in [-0.1, -0.05) is 6.07 Å². The summed E-state index contributed by atoms with van der Waals surface area (Å²) < 4.78 is 11.2. The standard InChI is InChI=1S/C22H31N5O3S/c1-5-29-21(28)18-14(2)26-20(31-18)15(3)27-22(23-4)25-13-16-9-8-12-24-19(16)30-17-10-6-7-11-17/h8-9,12,15,17H,5-7,10-11,13H2,1-4H3,(H2,23,25,27). The molecule has 0 amide bonds. The topological polar surface area (TPSA) is 97.7 Å². The fourth-order valence-corrected chi connectivity index (χ4v) is 4.42. The molecule has 0 bridgehead atoms. The predicted octanol–water partition coefficient (Wildman–Crippen LogP) is 3.77. The van der Waals surface area contributed by atoms with E-state index in [1.165, 1.54) is 24.2 Å². The van der Waals surface area contributed by atoms with Gasteiger partial charge in [0.25, 0.3) is 0 Å². The van der Waals surface area contributed by atoms with Crippen LogP contribution in [-0.4, -0.2) is 41.7 Å². The van der Waals surface area contributed by atoms with Crippen molar-refractivity contribution in [3.63, 3.8) is 0 Å². The molecule has 2 aromatic rings. The first-order chi connectivity index (χ1) is 15.0. The number of aromatic nitrogens is 2. The summed E-state index contributed by atoms with van der Waals surface area (Å²) in [7, 11) is 1.72. The largest absolute Gasteiger partial charge is 0.474 e. The van der Waals surface area contributed by atoms with E-state index in [2.05, 4.69) is 25.6 Å². The average Bonchev–Trinajstić information content (AvgIpc) is 3.41. The second-order valence-electron chi connectivity index (χ2n) is 7.47. The molecule has 0 aliphatic heterocycles. The van der Waals surface area contributed by atoms with E-state index in [-0.39, 0.29) is 18.1 Å². The normalized spacial score (nSPS) is 15.5. The smallest absolute Gasteiger partial charge is 0.350 e. The summed E-state index contributed by atoms with van der Waals surface area (Å²) in [5, 5.41) is 7.45. The molecule has 1 aliphatic carbocycles. The number of pyridine rings is 1. The minimum absolute atomic E-state index is 0.124. The van der Waals surface area contributed by atoms with E-state index >= 15 is 0 Å². The van der Waals surface area contributed by atoms with Crippen molar-refractivity contribution in [1.29, 1.82) is 0 Å². The SMILES string of the molecule is CCOC(=O)c1sc(C(C)NC(=NC)NCc2cccnc2OC2CCCC2)nc1C. The lowest BCUT2D eigenvalue weighted by Crippen LogP contribution is -2.38. The number of hydrogen-bond acceptors (Lipinski definition) is 7. The first kappa shape index (κ1) is 23.0. The van der Waals surface area contributed by atoms with Crippen molar-refractivity contribution in [1.82, 2.24) is 20.6 Å². The number of hydrogen-bond donors (Lipinski definition) is 2. The van der Waals surface area contributed by atoms with Crippen LogP contribution in [-0.2, 0) is 11.3 Å². The van der Waals surface area contributed by atoms with Crippen LogP contribution in [0.15, 0.2) is 23.3 Å². The van der Waals surface area contributed by atoms with Gasteiger partial charge in [0.15, 0.2) is 5.96 Å².